The average molecular weight is 199 g/mol. The predicted molar refractivity (Wildman–Crippen MR) is 48.3 cm³/mol. The zero-order valence-corrected chi connectivity index (χ0v) is 7.74. The van der Waals surface area contributed by atoms with Crippen LogP contribution in [0.5, 0.6) is 0 Å². The summed E-state index contributed by atoms with van der Waals surface area (Å²) >= 11 is 0. The molecule has 0 radical (unpaired) electrons. The quantitative estimate of drug-likeness (QED) is 0.807. The Morgan fingerprint density at radius 2 is 2.29 bits per heavy atom. The van der Waals surface area contributed by atoms with Gasteiger partial charge in [0.1, 0.15) is 5.82 Å². The Labute approximate surface area is 80.6 Å². The molecule has 2 rings (SSSR count). The van der Waals surface area contributed by atoms with Crippen molar-refractivity contribution in [1.82, 2.24) is 9.97 Å². The minimum Gasteiger partial charge on any atom is -0.366 e. The molecule has 0 saturated heterocycles. The van der Waals surface area contributed by atoms with Gasteiger partial charge in [0.05, 0.1) is 11.9 Å². The van der Waals surface area contributed by atoms with Crippen LogP contribution in [0, 0.1) is 12.8 Å². The van der Waals surface area contributed by atoms with Gasteiger partial charge in [-0.05, 0) is 13.3 Å². The van der Waals surface area contributed by atoms with Crippen LogP contribution in [0.15, 0.2) is 12.4 Å². The van der Waals surface area contributed by atoms with Gasteiger partial charge < -0.3 is 5.32 Å². The maximum absolute atomic E-state index is 12.2. The third-order valence-electron chi connectivity index (χ3n) is 2.25. The molecule has 14 heavy (non-hydrogen) atoms. The lowest BCUT2D eigenvalue weighted by molar-refractivity contribution is 0.121. The van der Waals surface area contributed by atoms with E-state index in [0.717, 1.165) is 5.69 Å². The smallest absolute Gasteiger partial charge is 0.243 e. The van der Waals surface area contributed by atoms with Crippen LogP contribution < -0.4 is 5.32 Å². The fourth-order valence-corrected chi connectivity index (χ4v) is 1.38. The summed E-state index contributed by atoms with van der Waals surface area (Å²) in [4.78, 5) is 8.05. The SMILES string of the molecule is Cc1cncc(N[C@H]2C[C@@H]2C(F)F)n1. The molecule has 1 aromatic rings. The molecule has 5 heteroatoms. The second-order valence-corrected chi connectivity index (χ2v) is 3.53. The summed E-state index contributed by atoms with van der Waals surface area (Å²) in [5.41, 5.74) is 0.782. The van der Waals surface area contributed by atoms with Crippen LogP contribution in [-0.4, -0.2) is 22.4 Å². The number of hydrogen-bond donors (Lipinski definition) is 1. The predicted octanol–water partition coefficient (Wildman–Crippen LogP) is 1.85. The highest BCUT2D eigenvalue weighted by molar-refractivity contribution is 5.35. The van der Waals surface area contributed by atoms with Gasteiger partial charge in [0, 0.05) is 18.2 Å². The van der Waals surface area contributed by atoms with Crippen LogP contribution in [-0.2, 0) is 0 Å². The number of nitrogens with one attached hydrogen (secondary N) is 1. The van der Waals surface area contributed by atoms with Gasteiger partial charge in [0.15, 0.2) is 0 Å². The second kappa shape index (κ2) is 3.48. The molecule has 76 valence electrons. The third-order valence-corrected chi connectivity index (χ3v) is 2.25. The second-order valence-electron chi connectivity index (χ2n) is 3.53. The van der Waals surface area contributed by atoms with Gasteiger partial charge >= 0.3 is 0 Å². The van der Waals surface area contributed by atoms with Gasteiger partial charge in [0.2, 0.25) is 6.43 Å². The van der Waals surface area contributed by atoms with Crippen LogP contribution in [0.25, 0.3) is 0 Å². The first-order chi connectivity index (χ1) is 6.66. The van der Waals surface area contributed by atoms with E-state index in [0.29, 0.717) is 12.2 Å². The van der Waals surface area contributed by atoms with Gasteiger partial charge in [0.25, 0.3) is 0 Å². The van der Waals surface area contributed by atoms with Crippen LogP contribution in [0.3, 0.4) is 0 Å². The van der Waals surface area contributed by atoms with E-state index in [1.807, 2.05) is 6.92 Å². The molecule has 1 fully saturated rings. The normalized spacial score (nSPS) is 25.1. The molecule has 3 nitrogen and oxygen atoms in total. The molecular formula is C9H11F2N3. The van der Waals surface area contributed by atoms with Crippen LogP contribution >= 0.6 is 0 Å². The lowest BCUT2D eigenvalue weighted by atomic mass is 10.4. The molecular weight excluding hydrogens is 188 g/mol. The van der Waals surface area contributed by atoms with Crippen LogP contribution in [0.1, 0.15) is 12.1 Å². The minimum atomic E-state index is -2.23. The number of anilines is 1. The van der Waals surface area contributed by atoms with E-state index in [1.165, 1.54) is 0 Å². The Balaban J connectivity index is 1.93. The summed E-state index contributed by atoms with van der Waals surface area (Å²) in [5, 5.41) is 2.93. The van der Waals surface area contributed by atoms with E-state index in [2.05, 4.69) is 15.3 Å². The molecule has 0 aromatic carbocycles. The maximum atomic E-state index is 12.2. The first-order valence-corrected chi connectivity index (χ1v) is 4.50. The van der Waals surface area contributed by atoms with Gasteiger partial charge in [-0.1, -0.05) is 0 Å². The average Bonchev–Trinajstić information content (AvgIpc) is 2.84. The summed E-state index contributed by atoms with van der Waals surface area (Å²) in [5.74, 6) is 0.0652. The molecule has 1 aliphatic carbocycles. The van der Waals surface area contributed by atoms with Crippen molar-refractivity contribution < 1.29 is 8.78 Å². The Kier molecular flexibility index (Phi) is 2.31. The van der Waals surface area contributed by atoms with Crippen molar-refractivity contribution in [2.45, 2.75) is 25.8 Å². The number of aromatic nitrogens is 2. The molecule has 1 N–H and O–H groups in total. The van der Waals surface area contributed by atoms with E-state index < -0.39 is 12.3 Å². The van der Waals surface area contributed by atoms with Crippen molar-refractivity contribution in [2.75, 3.05) is 5.32 Å². The molecule has 1 aromatic heterocycles. The first kappa shape index (κ1) is 9.30. The zero-order valence-electron chi connectivity index (χ0n) is 7.74. The van der Waals surface area contributed by atoms with Crippen molar-refractivity contribution in [3.05, 3.63) is 18.1 Å². The summed E-state index contributed by atoms with van der Waals surface area (Å²) < 4.78 is 24.4. The van der Waals surface area contributed by atoms with E-state index in [-0.39, 0.29) is 6.04 Å². The summed E-state index contributed by atoms with van der Waals surface area (Å²) in [6, 6.07) is -0.133. The largest absolute Gasteiger partial charge is 0.366 e. The molecule has 1 heterocycles. The highest BCUT2D eigenvalue weighted by Gasteiger charge is 2.44. The number of aryl methyl sites for hydroxylation is 1. The van der Waals surface area contributed by atoms with Gasteiger partial charge in [-0.25, -0.2) is 13.8 Å². The van der Waals surface area contributed by atoms with Crippen molar-refractivity contribution in [3.8, 4) is 0 Å². The van der Waals surface area contributed by atoms with Crippen molar-refractivity contribution in [2.24, 2.45) is 5.92 Å². The first-order valence-electron chi connectivity index (χ1n) is 4.50. The molecule has 0 unspecified atom stereocenters. The fourth-order valence-electron chi connectivity index (χ4n) is 1.38. The standard InChI is InChI=1S/C9H11F2N3/c1-5-3-12-4-8(13-5)14-7-2-6(7)9(10)11/h3-4,6-7,9H,2H2,1H3,(H,13,14)/t6-,7-/m0/s1. The minimum absolute atomic E-state index is 0.133. The molecule has 0 spiro atoms. The zero-order chi connectivity index (χ0) is 10.1. The molecule has 2 atom stereocenters. The van der Waals surface area contributed by atoms with Crippen molar-refractivity contribution >= 4 is 5.82 Å². The van der Waals surface area contributed by atoms with E-state index in [4.69, 9.17) is 0 Å². The maximum Gasteiger partial charge on any atom is 0.243 e. The Morgan fingerprint density at radius 3 is 2.86 bits per heavy atom. The van der Waals surface area contributed by atoms with Crippen LogP contribution in [0.2, 0.25) is 0 Å². The lowest BCUT2D eigenvalue weighted by Gasteiger charge is -2.04. The highest BCUT2D eigenvalue weighted by Crippen LogP contribution is 2.37. The van der Waals surface area contributed by atoms with E-state index in [9.17, 15) is 8.78 Å². The van der Waals surface area contributed by atoms with Gasteiger partial charge in [-0.2, -0.15) is 0 Å². The highest BCUT2D eigenvalue weighted by atomic mass is 19.3. The van der Waals surface area contributed by atoms with Crippen molar-refractivity contribution in [3.63, 3.8) is 0 Å². The van der Waals surface area contributed by atoms with Crippen molar-refractivity contribution in [1.29, 1.82) is 0 Å². The Morgan fingerprint density at radius 1 is 1.50 bits per heavy atom. The number of rotatable bonds is 3. The third kappa shape index (κ3) is 1.97. The molecule has 1 saturated carbocycles. The Hall–Kier alpha value is -1.26. The molecule has 0 aliphatic heterocycles. The lowest BCUT2D eigenvalue weighted by Crippen LogP contribution is -2.10. The molecule has 0 amide bonds. The number of nitrogens with zero attached hydrogens (tertiary/aromatic N) is 2. The van der Waals surface area contributed by atoms with Gasteiger partial charge in [-0.3, -0.25) is 4.98 Å². The number of alkyl halides is 2. The molecule has 1 aliphatic rings. The number of hydrogen-bond acceptors (Lipinski definition) is 3. The summed E-state index contributed by atoms with van der Waals surface area (Å²) in [6.07, 6.45) is 1.47. The summed E-state index contributed by atoms with van der Waals surface area (Å²) in [6.45, 7) is 1.82. The fraction of sp³-hybridized carbons (Fsp3) is 0.556. The van der Waals surface area contributed by atoms with E-state index >= 15 is 0 Å². The topological polar surface area (TPSA) is 37.8 Å². The number of halogens is 2. The van der Waals surface area contributed by atoms with Gasteiger partial charge in [-0.15, -0.1) is 0 Å². The van der Waals surface area contributed by atoms with E-state index in [1.54, 1.807) is 12.4 Å². The summed E-state index contributed by atoms with van der Waals surface area (Å²) in [7, 11) is 0. The molecule has 0 bridgehead atoms. The van der Waals surface area contributed by atoms with Crippen LogP contribution in [0.4, 0.5) is 14.6 Å². The monoisotopic (exact) mass is 199 g/mol. The Bertz CT molecular complexity index is 330.